The van der Waals surface area contributed by atoms with Crippen LogP contribution in [0.15, 0.2) is 0 Å². The molecule has 1 fully saturated rings. The molecule has 5 nitrogen and oxygen atoms in total. The number of nitrogens with zero attached hydrogens (tertiary/aromatic N) is 1. The Morgan fingerprint density at radius 3 is 2.18 bits per heavy atom. The summed E-state index contributed by atoms with van der Waals surface area (Å²) in [6.45, 7) is 10.4. The first-order valence-corrected chi connectivity index (χ1v) is 7.55. The zero-order valence-corrected chi connectivity index (χ0v) is 12.2. The molecule has 0 aromatic carbocycles. The first-order valence-electron chi connectivity index (χ1n) is 6.11. The molecule has 6 heteroatoms. The lowest BCUT2D eigenvalue weighted by Gasteiger charge is -2.36. The molecule has 1 aliphatic heterocycles. The van der Waals surface area contributed by atoms with Crippen LogP contribution in [0.25, 0.3) is 0 Å². The highest BCUT2D eigenvalue weighted by molar-refractivity contribution is 7.87. The Balaban J connectivity index is 2.76. The van der Waals surface area contributed by atoms with Gasteiger partial charge in [0.05, 0.1) is 12.2 Å². The van der Waals surface area contributed by atoms with Gasteiger partial charge in [-0.1, -0.05) is 6.92 Å². The summed E-state index contributed by atoms with van der Waals surface area (Å²) < 4.78 is 34.2. The van der Waals surface area contributed by atoms with E-state index in [0.717, 1.165) is 6.42 Å². The van der Waals surface area contributed by atoms with Gasteiger partial charge in [0.15, 0.2) is 0 Å². The average molecular weight is 264 g/mol. The van der Waals surface area contributed by atoms with Gasteiger partial charge in [0.25, 0.3) is 10.2 Å². The van der Waals surface area contributed by atoms with Crippen molar-refractivity contribution in [2.24, 2.45) is 0 Å². The molecule has 0 amide bonds. The van der Waals surface area contributed by atoms with Crippen molar-refractivity contribution in [3.05, 3.63) is 0 Å². The van der Waals surface area contributed by atoms with Crippen LogP contribution in [-0.2, 0) is 14.9 Å². The predicted octanol–water partition coefficient (Wildman–Crippen LogP) is 1.12. The summed E-state index contributed by atoms with van der Waals surface area (Å²) in [6, 6.07) is 0. The Hall–Kier alpha value is -0.170. The fourth-order valence-corrected chi connectivity index (χ4v) is 3.60. The van der Waals surface area contributed by atoms with E-state index in [1.54, 1.807) is 0 Å². The molecule has 0 aromatic rings. The maximum Gasteiger partial charge on any atom is 0.280 e. The summed E-state index contributed by atoms with van der Waals surface area (Å²) in [5.74, 6) is 0. The van der Waals surface area contributed by atoms with Gasteiger partial charge in [-0.05, 0) is 34.1 Å². The Bertz CT molecular complexity index is 344. The summed E-state index contributed by atoms with van der Waals surface area (Å²) in [4.78, 5) is 0. The van der Waals surface area contributed by atoms with Crippen LogP contribution in [0, 0.1) is 0 Å². The number of rotatable bonds is 4. The van der Waals surface area contributed by atoms with E-state index in [9.17, 15) is 8.42 Å². The summed E-state index contributed by atoms with van der Waals surface area (Å²) in [7, 11) is -3.42. The average Bonchev–Trinajstić information content (AvgIpc) is 2.14. The molecule has 1 aliphatic rings. The van der Waals surface area contributed by atoms with Crippen molar-refractivity contribution in [3.63, 3.8) is 0 Å². The lowest BCUT2D eigenvalue weighted by molar-refractivity contribution is -0.0445. The van der Waals surface area contributed by atoms with E-state index in [-0.39, 0.29) is 12.2 Å². The van der Waals surface area contributed by atoms with E-state index in [4.69, 9.17) is 4.74 Å². The quantitative estimate of drug-likeness (QED) is 0.828. The van der Waals surface area contributed by atoms with Crippen LogP contribution in [0.1, 0.15) is 41.0 Å². The van der Waals surface area contributed by atoms with Gasteiger partial charge in [0.1, 0.15) is 0 Å². The molecule has 0 spiro atoms. The topological polar surface area (TPSA) is 58.6 Å². The Morgan fingerprint density at radius 2 is 1.76 bits per heavy atom. The number of hydrogen-bond donors (Lipinski definition) is 1. The third-order valence-electron chi connectivity index (χ3n) is 3.02. The van der Waals surface area contributed by atoms with Gasteiger partial charge in [-0.15, -0.1) is 0 Å². The summed E-state index contributed by atoms with van der Waals surface area (Å²) >= 11 is 0. The number of hydrogen-bond acceptors (Lipinski definition) is 3. The summed E-state index contributed by atoms with van der Waals surface area (Å²) in [6.07, 6.45) is 0.641. The van der Waals surface area contributed by atoms with Gasteiger partial charge in [-0.2, -0.15) is 17.4 Å². The Labute approximate surface area is 105 Å². The molecule has 0 aliphatic carbocycles. The minimum Gasteiger partial charge on any atom is -0.373 e. The molecule has 1 N–H and O–H groups in total. The van der Waals surface area contributed by atoms with Gasteiger partial charge in [0.2, 0.25) is 0 Å². The van der Waals surface area contributed by atoms with Gasteiger partial charge in [0, 0.05) is 18.6 Å². The van der Waals surface area contributed by atoms with Crippen molar-refractivity contribution < 1.29 is 13.2 Å². The van der Waals surface area contributed by atoms with Crippen LogP contribution in [0.4, 0.5) is 0 Å². The lowest BCUT2D eigenvalue weighted by atomic mass is 10.0. The predicted molar refractivity (Wildman–Crippen MR) is 68.0 cm³/mol. The molecule has 1 saturated heterocycles. The van der Waals surface area contributed by atoms with Gasteiger partial charge in [-0.25, -0.2) is 0 Å². The molecule has 1 rings (SSSR count). The molecular weight excluding hydrogens is 240 g/mol. The van der Waals surface area contributed by atoms with Crippen LogP contribution in [0.3, 0.4) is 0 Å². The minimum absolute atomic E-state index is 0.0555. The van der Waals surface area contributed by atoms with E-state index >= 15 is 0 Å². The molecule has 1 heterocycles. The molecule has 0 saturated carbocycles. The third-order valence-corrected chi connectivity index (χ3v) is 4.80. The zero-order chi connectivity index (χ0) is 13.3. The fourth-order valence-electron chi connectivity index (χ4n) is 1.81. The maximum absolute atomic E-state index is 12.2. The van der Waals surface area contributed by atoms with Crippen LogP contribution >= 0.6 is 0 Å². The van der Waals surface area contributed by atoms with Crippen molar-refractivity contribution >= 4 is 10.2 Å². The highest BCUT2D eigenvalue weighted by Crippen LogP contribution is 2.16. The van der Waals surface area contributed by atoms with Crippen molar-refractivity contribution in [2.45, 2.75) is 58.8 Å². The lowest BCUT2D eigenvalue weighted by Crippen LogP contribution is -2.55. The fraction of sp³-hybridized carbons (Fsp3) is 1.00. The minimum atomic E-state index is -3.42. The molecule has 102 valence electrons. The van der Waals surface area contributed by atoms with Gasteiger partial charge < -0.3 is 4.74 Å². The van der Waals surface area contributed by atoms with E-state index < -0.39 is 15.7 Å². The molecule has 2 atom stereocenters. The second kappa shape index (κ2) is 5.22. The first-order chi connectivity index (χ1) is 7.66. The maximum atomic E-state index is 12.2. The second-order valence-corrected chi connectivity index (χ2v) is 7.09. The normalized spacial score (nSPS) is 28.3. The standard InChI is InChI=1S/C11H24N2O3S/c1-6-11(4,5)12-17(14,15)13-7-9(2)16-10(3)8-13/h9-10,12H,6-8H2,1-5H3. The molecule has 2 unspecified atom stereocenters. The van der Waals surface area contributed by atoms with Gasteiger partial charge in [-0.3, -0.25) is 0 Å². The van der Waals surface area contributed by atoms with Crippen LogP contribution < -0.4 is 4.72 Å². The second-order valence-electron chi connectivity index (χ2n) is 5.42. The first kappa shape index (κ1) is 14.9. The smallest absolute Gasteiger partial charge is 0.280 e. The number of morpholine rings is 1. The van der Waals surface area contributed by atoms with Gasteiger partial charge >= 0.3 is 0 Å². The third kappa shape index (κ3) is 4.21. The highest BCUT2D eigenvalue weighted by Gasteiger charge is 2.33. The summed E-state index contributed by atoms with van der Waals surface area (Å²) in [5, 5.41) is 0. The monoisotopic (exact) mass is 264 g/mol. The highest BCUT2D eigenvalue weighted by atomic mass is 32.2. The van der Waals surface area contributed by atoms with Crippen LogP contribution in [0.5, 0.6) is 0 Å². The van der Waals surface area contributed by atoms with Crippen LogP contribution in [0.2, 0.25) is 0 Å². The molecule has 17 heavy (non-hydrogen) atoms. The van der Waals surface area contributed by atoms with E-state index in [1.165, 1.54) is 4.31 Å². The van der Waals surface area contributed by atoms with Crippen molar-refractivity contribution in [2.75, 3.05) is 13.1 Å². The van der Waals surface area contributed by atoms with E-state index in [0.29, 0.717) is 13.1 Å². The van der Waals surface area contributed by atoms with Crippen LogP contribution in [-0.4, -0.2) is 43.6 Å². The van der Waals surface area contributed by atoms with E-state index in [2.05, 4.69) is 4.72 Å². The SMILES string of the molecule is CCC(C)(C)NS(=O)(=O)N1CC(C)OC(C)C1. The largest absolute Gasteiger partial charge is 0.373 e. The van der Waals surface area contributed by atoms with Crippen molar-refractivity contribution in [1.82, 2.24) is 9.03 Å². The Morgan fingerprint density at radius 1 is 1.29 bits per heavy atom. The summed E-state index contributed by atoms with van der Waals surface area (Å²) in [5.41, 5.74) is -0.413. The number of ether oxygens (including phenoxy) is 1. The Kier molecular flexibility index (Phi) is 4.57. The van der Waals surface area contributed by atoms with E-state index in [1.807, 2.05) is 34.6 Å². The molecule has 0 aromatic heterocycles. The molecule has 0 bridgehead atoms. The van der Waals surface area contributed by atoms with Crippen molar-refractivity contribution in [3.8, 4) is 0 Å². The molecular formula is C11H24N2O3S. The number of nitrogens with one attached hydrogen (secondary N) is 1. The molecule has 0 radical (unpaired) electrons. The zero-order valence-electron chi connectivity index (χ0n) is 11.4. The van der Waals surface area contributed by atoms with Crippen molar-refractivity contribution in [1.29, 1.82) is 0 Å².